The SMILES string of the molecule is O=C1C=C/C(=C\N(O)c2ccccc2)C(F)=C1. The number of hydrogen-bond donors (Lipinski definition) is 1. The first-order valence-electron chi connectivity index (χ1n) is 5.01. The molecule has 0 spiro atoms. The highest BCUT2D eigenvalue weighted by atomic mass is 19.1. The van der Waals surface area contributed by atoms with E-state index in [0.717, 1.165) is 11.1 Å². The van der Waals surface area contributed by atoms with Crippen molar-refractivity contribution in [2.24, 2.45) is 0 Å². The summed E-state index contributed by atoms with van der Waals surface area (Å²) < 4.78 is 13.4. The van der Waals surface area contributed by atoms with Gasteiger partial charge in [-0.15, -0.1) is 0 Å². The third-order valence-corrected chi connectivity index (χ3v) is 2.25. The molecule has 0 atom stereocenters. The van der Waals surface area contributed by atoms with Gasteiger partial charge in [-0.3, -0.25) is 10.0 Å². The zero-order valence-electron chi connectivity index (χ0n) is 8.88. The van der Waals surface area contributed by atoms with Crippen LogP contribution in [0.3, 0.4) is 0 Å². The van der Waals surface area contributed by atoms with Crippen molar-refractivity contribution in [3.05, 3.63) is 66.2 Å². The van der Waals surface area contributed by atoms with Gasteiger partial charge in [-0.1, -0.05) is 18.2 Å². The monoisotopic (exact) mass is 231 g/mol. The van der Waals surface area contributed by atoms with Crippen LogP contribution in [0.4, 0.5) is 10.1 Å². The van der Waals surface area contributed by atoms with E-state index in [2.05, 4.69) is 0 Å². The molecule has 0 unspecified atom stereocenters. The molecule has 1 aromatic rings. The van der Waals surface area contributed by atoms with Crippen molar-refractivity contribution in [1.29, 1.82) is 0 Å². The van der Waals surface area contributed by atoms with Crippen LogP contribution in [-0.4, -0.2) is 11.0 Å². The fourth-order valence-corrected chi connectivity index (χ4v) is 1.40. The molecule has 0 aromatic heterocycles. The maximum Gasteiger partial charge on any atom is 0.181 e. The number of para-hydroxylation sites is 1. The van der Waals surface area contributed by atoms with Crippen LogP contribution in [0.5, 0.6) is 0 Å². The molecule has 1 aliphatic carbocycles. The lowest BCUT2D eigenvalue weighted by Gasteiger charge is -2.13. The normalized spacial score (nSPS) is 17.2. The Balaban J connectivity index is 2.23. The number of carbonyl (C=O) groups excluding carboxylic acids is 1. The Morgan fingerprint density at radius 3 is 2.53 bits per heavy atom. The Morgan fingerprint density at radius 1 is 1.18 bits per heavy atom. The van der Waals surface area contributed by atoms with Gasteiger partial charge in [0.1, 0.15) is 5.83 Å². The van der Waals surface area contributed by atoms with Crippen LogP contribution in [0.2, 0.25) is 0 Å². The second-order valence-electron chi connectivity index (χ2n) is 3.49. The summed E-state index contributed by atoms with van der Waals surface area (Å²) >= 11 is 0. The van der Waals surface area contributed by atoms with Crippen LogP contribution < -0.4 is 5.06 Å². The summed E-state index contributed by atoms with van der Waals surface area (Å²) in [5.41, 5.74) is 0.661. The van der Waals surface area contributed by atoms with Gasteiger partial charge in [-0.05, 0) is 24.3 Å². The minimum absolute atomic E-state index is 0.149. The van der Waals surface area contributed by atoms with E-state index >= 15 is 0 Å². The van der Waals surface area contributed by atoms with Crippen LogP contribution in [0.25, 0.3) is 0 Å². The highest BCUT2D eigenvalue weighted by Gasteiger charge is 2.10. The molecule has 0 saturated carbocycles. The number of benzene rings is 1. The summed E-state index contributed by atoms with van der Waals surface area (Å²) in [7, 11) is 0. The first-order chi connectivity index (χ1) is 8.16. The molecule has 0 aliphatic heterocycles. The molecule has 0 heterocycles. The predicted octanol–water partition coefficient (Wildman–Crippen LogP) is 2.76. The molecule has 0 radical (unpaired) electrons. The Bertz CT molecular complexity index is 517. The summed E-state index contributed by atoms with van der Waals surface area (Å²) in [5, 5.41) is 10.5. The van der Waals surface area contributed by atoms with Gasteiger partial charge in [-0.2, -0.15) is 0 Å². The summed E-state index contributed by atoms with van der Waals surface area (Å²) in [5.74, 6) is -1.06. The molecule has 1 aromatic carbocycles. The second kappa shape index (κ2) is 4.76. The van der Waals surface area contributed by atoms with Crippen LogP contribution >= 0.6 is 0 Å². The number of hydroxylamine groups is 1. The van der Waals surface area contributed by atoms with E-state index in [1.807, 2.05) is 6.07 Å². The molecule has 2 rings (SSSR count). The minimum atomic E-state index is -0.660. The van der Waals surface area contributed by atoms with Gasteiger partial charge in [0.25, 0.3) is 0 Å². The van der Waals surface area contributed by atoms with Crippen molar-refractivity contribution in [2.75, 3.05) is 5.06 Å². The van der Waals surface area contributed by atoms with Gasteiger partial charge < -0.3 is 0 Å². The van der Waals surface area contributed by atoms with E-state index in [1.165, 1.54) is 18.4 Å². The van der Waals surface area contributed by atoms with Crippen molar-refractivity contribution in [1.82, 2.24) is 0 Å². The molecule has 0 fully saturated rings. The molecular formula is C13H10FNO2. The van der Waals surface area contributed by atoms with E-state index in [1.54, 1.807) is 24.3 Å². The number of hydrogen-bond acceptors (Lipinski definition) is 3. The molecule has 4 heteroatoms. The summed E-state index contributed by atoms with van der Waals surface area (Å²) in [6.45, 7) is 0. The maximum atomic E-state index is 13.4. The van der Waals surface area contributed by atoms with Gasteiger partial charge in [0.15, 0.2) is 5.78 Å². The molecule has 1 aliphatic rings. The van der Waals surface area contributed by atoms with Crippen molar-refractivity contribution in [3.63, 3.8) is 0 Å². The minimum Gasteiger partial charge on any atom is -0.290 e. The number of rotatable bonds is 2. The Morgan fingerprint density at radius 2 is 1.88 bits per heavy atom. The number of allylic oxidation sites excluding steroid dienone is 5. The van der Waals surface area contributed by atoms with Crippen molar-refractivity contribution in [2.45, 2.75) is 0 Å². The van der Waals surface area contributed by atoms with Gasteiger partial charge >= 0.3 is 0 Å². The van der Waals surface area contributed by atoms with Gasteiger partial charge in [0, 0.05) is 17.8 Å². The smallest absolute Gasteiger partial charge is 0.181 e. The number of carbonyl (C=O) groups is 1. The average Bonchev–Trinajstić information content (AvgIpc) is 2.34. The van der Waals surface area contributed by atoms with Crippen molar-refractivity contribution < 1.29 is 14.4 Å². The molecule has 86 valence electrons. The van der Waals surface area contributed by atoms with E-state index < -0.39 is 11.6 Å². The lowest BCUT2D eigenvalue weighted by molar-refractivity contribution is -0.110. The maximum absolute atomic E-state index is 13.4. The molecular weight excluding hydrogens is 221 g/mol. The van der Waals surface area contributed by atoms with E-state index in [9.17, 15) is 14.4 Å². The lowest BCUT2D eigenvalue weighted by atomic mass is 10.1. The topological polar surface area (TPSA) is 40.5 Å². The van der Waals surface area contributed by atoms with Crippen LogP contribution in [0, 0.1) is 0 Å². The highest BCUT2D eigenvalue weighted by molar-refractivity contribution is 6.02. The highest BCUT2D eigenvalue weighted by Crippen LogP contribution is 2.20. The van der Waals surface area contributed by atoms with Gasteiger partial charge in [0.05, 0.1) is 5.69 Å². The largest absolute Gasteiger partial charge is 0.290 e. The van der Waals surface area contributed by atoms with Crippen molar-refractivity contribution >= 4 is 11.5 Å². The number of nitrogens with zero attached hydrogens (tertiary/aromatic N) is 1. The predicted molar refractivity (Wildman–Crippen MR) is 62.1 cm³/mol. The van der Waals surface area contributed by atoms with E-state index in [-0.39, 0.29) is 5.57 Å². The molecule has 17 heavy (non-hydrogen) atoms. The average molecular weight is 231 g/mol. The molecule has 0 saturated heterocycles. The third-order valence-electron chi connectivity index (χ3n) is 2.25. The lowest BCUT2D eigenvalue weighted by Crippen LogP contribution is -2.11. The third kappa shape index (κ3) is 2.68. The van der Waals surface area contributed by atoms with Gasteiger partial charge in [-0.25, -0.2) is 9.45 Å². The second-order valence-corrected chi connectivity index (χ2v) is 3.49. The van der Waals surface area contributed by atoms with Crippen LogP contribution in [0.15, 0.2) is 66.2 Å². The summed E-state index contributed by atoms with van der Waals surface area (Å²) in [4.78, 5) is 10.9. The first kappa shape index (κ1) is 11.3. The molecule has 0 amide bonds. The Labute approximate surface area is 97.7 Å². The Hall–Kier alpha value is -2.20. The summed E-state index contributed by atoms with van der Waals surface area (Å²) in [6.07, 6.45) is 4.66. The van der Waals surface area contributed by atoms with Crippen molar-refractivity contribution in [3.8, 4) is 0 Å². The fourth-order valence-electron chi connectivity index (χ4n) is 1.40. The molecule has 3 nitrogen and oxygen atoms in total. The summed E-state index contributed by atoms with van der Waals surface area (Å²) in [6, 6.07) is 8.67. The van der Waals surface area contributed by atoms with Crippen LogP contribution in [0.1, 0.15) is 0 Å². The zero-order chi connectivity index (χ0) is 12.3. The fraction of sp³-hybridized carbons (Fsp3) is 0. The number of halogens is 1. The molecule has 1 N–H and O–H groups in total. The first-order valence-corrected chi connectivity index (χ1v) is 5.01. The molecule has 0 bridgehead atoms. The van der Waals surface area contributed by atoms with E-state index in [4.69, 9.17) is 0 Å². The van der Waals surface area contributed by atoms with Gasteiger partial charge in [0.2, 0.25) is 0 Å². The number of ketones is 1. The van der Waals surface area contributed by atoms with E-state index in [0.29, 0.717) is 5.69 Å². The standard InChI is InChI=1S/C13H10FNO2/c14-13-8-12(16)7-6-10(13)9-15(17)11-4-2-1-3-5-11/h1-9,17H/b10-9+. The zero-order valence-corrected chi connectivity index (χ0v) is 8.88. The quantitative estimate of drug-likeness (QED) is 0.795. The Kier molecular flexibility index (Phi) is 3.16. The number of anilines is 1. The van der Waals surface area contributed by atoms with Crippen LogP contribution in [-0.2, 0) is 4.79 Å².